The Morgan fingerprint density at radius 3 is 2.58 bits per heavy atom. The third-order valence-electron chi connectivity index (χ3n) is 3.55. The summed E-state index contributed by atoms with van der Waals surface area (Å²) in [5.41, 5.74) is 1.65. The lowest BCUT2D eigenvalue weighted by molar-refractivity contribution is -0.123. The second-order valence-electron chi connectivity index (χ2n) is 5.42. The Morgan fingerprint density at radius 2 is 1.85 bits per heavy atom. The summed E-state index contributed by atoms with van der Waals surface area (Å²) in [7, 11) is 0. The maximum Gasteiger partial charge on any atom is 0.338 e. The molecule has 1 aromatic heterocycles. The highest BCUT2D eigenvalue weighted by atomic mass is 35.5. The van der Waals surface area contributed by atoms with E-state index in [2.05, 4.69) is 15.3 Å². The molecule has 3 aromatic rings. The zero-order valence-corrected chi connectivity index (χ0v) is 14.3. The Kier molecular flexibility index (Phi) is 5.09. The summed E-state index contributed by atoms with van der Waals surface area (Å²) in [6.45, 7) is 1.42. The van der Waals surface area contributed by atoms with E-state index in [0.29, 0.717) is 11.0 Å². The highest BCUT2D eigenvalue weighted by Gasteiger charge is 2.20. The molecule has 0 aliphatic heterocycles. The van der Waals surface area contributed by atoms with Gasteiger partial charge in [-0.2, -0.15) is 0 Å². The number of anilines is 1. The summed E-state index contributed by atoms with van der Waals surface area (Å²) in [6, 6.07) is 8.28. The standard InChI is InChI=1S/C18H13ClFN3O3/c1-10(17(24)23-14-5-3-12(20)9-13(14)19)26-18(25)11-2-4-15-16(8-11)22-7-6-21-15/h2-10H,1H3,(H,23,24)/t10-/m1/s1. The van der Waals surface area contributed by atoms with Gasteiger partial charge in [0.05, 0.1) is 27.3 Å². The molecule has 0 saturated carbocycles. The number of aromatic nitrogens is 2. The van der Waals surface area contributed by atoms with Gasteiger partial charge in [0.25, 0.3) is 5.91 Å². The normalized spacial score (nSPS) is 11.8. The number of fused-ring (bicyclic) bond motifs is 1. The van der Waals surface area contributed by atoms with E-state index in [4.69, 9.17) is 16.3 Å². The molecule has 0 spiro atoms. The van der Waals surface area contributed by atoms with E-state index in [-0.39, 0.29) is 16.3 Å². The Hall–Kier alpha value is -3.06. The third-order valence-corrected chi connectivity index (χ3v) is 3.86. The van der Waals surface area contributed by atoms with Crippen molar-refractivity contribution in [3.8, 4) is 0 Å². The monoisotopic (exact) mass is 373 g/mol. The number of esters is 1. The number of rotatable bonds is 4. The first-order chi connectivity index (χ1) is 12.4. The molecule has 0 aliphatic carbocycles. The van der Waals surface area contributed by atoms with Gasteiger partial charge in [0.1, 0.15) is 5.82 Å². The van der Waals surface area contributed by atoms with Gasteiger partial charge in [0.2, 0.25) is 0 Å². The van der Waals surface area contributed by atoms with Crippen molar-refractivity contribution in [2.75, 3.05) is 5.32 Å². The second kappa shape index (κ2) is 7.45. The first-order valence-electron chi connectivity index (χ1n) is 7.62. The smallest absolute Gasteiger partial charge is 0.338 e. The Morgan fingerprint density at radius 1 is 1.12 bits per heavy atom. The van der Waals surface area contributed by atoms with Gasteiger partial charge in [-0.25, -0.2) is 9.18 Å². The van der Waals surface area contributed by atoms with Crippen molar-refractivity contribution in [1.82, 2.24) is 9.97 Å². The fraction of sp³-hybridized carbons (Fsp3) is 0.111. The van der Waals surface area contributed by atoms with Crippen molar-refractivity contribution < 1.29 is 18.7 Å². The minimum Gasteiger partial charge on any atom is -0.449 e. The van der Waals surface area contributed by atoms with Crippen molar-refractivity contribution in [1.29, 1.82) is 0 Å². The summed E-state index contributed by atoms with van der Waals surface area (Å²) >= 11 is 5.86. The quantitative estimate of drug-likeness (QED) is 0.706. The number of halogens is 2. The van der Waals surface area contributed by atoms with Crippen molar-refractivity contribution in [2.24, 2.45) is 0 Å². The average molecular weight is 374 g/mol. The fourth-order valence-corrected chi connectivity index (χ4v) is 2.41. The van der Waals surface area contributed by atoms with Crippen molar-refractivity contribution in [3.05, 3.63) is 65.2 Å². The number of benzene rings is 2. The third kappa shape index (κ3) is 3.94. The van der Waals surface area contributed by atoms with Gasteiger partial charge in [-0.1, -0.05) is 11.6 Å². The molecular weight excluding hydrogens is 361 g/mol. The van der Waals surface area contributed by atoms with Gasteiger partial charge in [0.15, 0.2) is 6.10 Å². The molecule has 8 heteroatoms. The number of nitrogens with one attached hydrogen (secondary N) is 1. The summed E-state index contributed by atoms with van der Waals surface area (Å²) in [4.78, 5) is 32.6. The molecule has 1 N–H and O–H groups in total. The van der Waals surface area contributed by atoms with E-state index in [0.717, 1.165) is 12.1 Å². The molecule has 0 saturated heterocycles. The van der Waals surface area contributed by atoms with Crippen LogP contribution in [0.3, 0.4) is 0 Å². The highest BCUT2D eigenvalue weighted by molar-refractivity contribution is 6.33. The van der Waals surface area contributed by atoms with Gasteiger partial charge < -0.3 is 10.1 Å². The fourth-order valence-electron chi connectivity index (χ4n) is 2.20. The first kappa shape index (κ1) is 17.8. The zero-order chi connectivity index (χ0) is 18.7. The average Bonchev–Trinajstić information content (AvgIpc) is 2.63. The first-order valence-corrected chi connectivity index (χ1v) is 7.99. The molecule has 3 rings (SSSR count). The molecule has 0 aliphatic rings. The number of hydrogen-bond acceptors (Lipinski definition) is 5. The van der Waals surface area contributed by atoms with Crippen LogP contribution in [0.4, 0.5) is 10.1 Å². The SMILES string of the molecule is C[C@@H](OC(=O)c1ccc2nccnc2c1)C(=O)Nc1ccc(F)cc1Cl. The van der Waals surface area contributed by atoms with Gasteiger partial charge in [-0.15, -0.1) is 0 Å². The molecule has 0 bridgehead atoms. The van der Waals surface area contributed by atoms with Gasteiger partial charge in [-0.3, -0.25) is 14.8 Å². The molecule has 26 heavy (non-hydrogen) atoms. The molecule has 0 fully saturated rings. The molecule has 2 aromatic carbocycles. The minimum absolute atomic E-state index is 0.0463. The maximum atomic E-state index is 13.0. The molecule has 6 nitrogen and oxygen atoms in total. The van der Waals surface area contributed by atoms with Gasteiger partial charge in [-0.05, 0) is 43.3 Å². The lowest BCUT2D eigenvalue weighted by Gasteiger charge is -2.14. The van der Waals surface area contributed by atoms with Crippen LogP contribution >= 0.6 is 11.6 Å². The number of ether oxygens (including phenoxy) is 1. The van der Waals surface area contributed by atoms with Crippen LogP contribution in [0.15, 0.2) is 48.8 Å². The number of nitrogens with zero attached hydrogens (tertiary/aromatic N) is 2. The van der Waals surface area contributed by atoms with E-state index in [1.165, 1.54) is 25.3 Å². The molecular formula is C18H13ClFN3O3. The van der Waals surface area contributed by atoms with E-state index >= 15 is 0 Å². The summed E-state index contributed by atoms with van der Waals surface area (Å²) < 4.78 is 18.2. The number of carbonyl (C=O) groups excluding carboxylic acids is 2. The summed E-state index contributed by atoms with van der Waals surface area (Å²) in [5.74, 6) is -1.79. The second-order valence-corrected chi connectivity index (χ2v) is 5.83. The predicted molar refractivity (Wildman–Crippen MR) is 94.5 cm³/mol. The van der Waals surface area contributed by atoms with Crippen LogP contribution in [0.25, 0.3) is 11.0 Å². The van der Waals surface area contributed by atoms with Crippen LogP contribution in [0, 0.1) is 5.82 Å². The van der Waals surface area contributed by atoms with Crippen molar-refractivity contribution >= 4 is 40.2 Å². The van der Waals surface area contributed by atoms with Crippen molar-refractivity contribution in [3.63, 3.8) is 0 Å². The van der Waals surface area contributed by atoms with Crippen LogP contribution in [0.1, 0.15) is 17.3 Å². The molecule has 1 heterocycles. The van der Waals surface area contributed by atoms with Crippen LogP contribution in [0.5, 0.6) is 0 Å². The maximum absolute atomic E-state index is 13.0. The molecule has 0 radical (unpaired) electrons. The Balaban J connectivity index is 1.68. The number of amides is 1. The number of carbonyl (C=O) groups is 2. The Bertz CT molecular complexity index is 996. The van der Waals surface area contributed by atoms with Crippen LogP contribution in [-0.2, 0) is 9.53 Å². The molecule has 132 valence electrons. The largest absolute Gasteiger partial charge is 0.449 e. The minimum atomic E-state index is -1.08. The van der Waals surface area contributed by atoms with E-state index in [1.807, 2.05) is 0 Å². The lowest BCUT2D eigenvalue weighted by Crippen LogP contribution is -2.30. The lowest BCUT2D eigenvalue weighted by atomic mass is 10.2. The van der Waals surface area contributed by atoms with E-state index in [1.54, 1.807) is 18.3 Å². The summed E-state index contributed by atoms with van der Waals surface area (Å²) in [6.07, 6.45) is 1.98. The van der Waals surface area contributed by atoms with Crippen LogP contribution in [0.2, 0.25) is 5.02 Å². The van der Waals surface area contributed by atoms with Crippen LogP contribution in [-0.4, -0.2) is 27.9 Å². The summed E-state index contributed by atoms with van der Waals surface area (Å²) in [5, 5.41) is 2.53. The zero-order valence-electron chi connectivity index (χ0n) is 13.6. The van der Waals surface area contributed by atoms with Crippen LogP contribution < -0.4 is 5.32 Å². The van der Waals surface area contributed by atoms with Gasteiger partial charge in [0, 0.05) is 12.4 Å². The Labute approximate surface area is 153 Å². The predicted octanol–water partition coefficient (Wildman–Crippen LogP) is 3.61. The number of hydrogen-bond donors (Lipinski definition) is 1. The van der Waals surface area contributed by atoms with Gasteiger partial charge >= 0.3 is 5.97 Å². The van der Waals surface area contributed by atoms with E-state index < -0.39 is 23.8 Å². The highest BCUT2D eigenvalue weighted by Crippen LogP contribution is 2.22. The molecule has 0 unspecified atom stereocenters. The topological polar surface area (TPSA) is 81.2 Å². The molecule has 1 amide bonds. The van der Waals surface area contributed by atoms with Crippen molar-refractivity contribution in [2.45, 2.75) is 13.0 Å². The van der Waals surface area contributed by atoms with E-state index in [9.17, 15) is 14.0 Å². The molecule has 1 atom stereocenters.